The van der Waals surface area contributed by atoms with E-state index in [1.54, 1.807) is 0 Å². The Balaban J connectivity index is 2.80. The van der Waals surface area contributed by atoms with E-state index in [0.717, 1.165) is 6.20 Å². The zero-order chi connectivity index (χ0) is 10.6. The predicted octanol–water partition coefficient (Wildman–Crippen LogP) is 0.692. The third-order valence-corrected chi connectivity index (χ3v) is 1.53. The third kappa shape index (κ3) is 2.85. The molecule has 0 atom stereocenters. The Morgan fingerprint density at radius 3 is 3.00 bits per heavy atom. The maximum absolute atomic E-state index is 12.7. The Morgan fingerprint density at radius 2 is 2.36 bits per heavy atom. The average Bonchev–Trinajstić information content (AvgIpc) is 2.10. The number of halogens is 1. The Hall–Kier alpha value is -1.91. The molecule has 1 rings (SSSR count). The molecular formula is C9H10FN3O. The molecule has 0 aliphatic heterocycles. The summed E-state index contributed by atoms with van der Waals surface area (Å²) in [6.45, 7) is 0. The van der Waals surface area contributed by atoms with Crippen LogP contribution in [0, 0.1) is 5.82 Å². The molecule has 0 bridgehead atoms. The molecule has 0 aromatic carbocycles. The first kappa shape index (κ1) is 10.2. The normalized spacial score (nSPS) is 10.6. The summed E-state index contributed by atoms with van der Waals surface area (Å²) in [4.78, 5) is 14.0. The molecule has 1 heterocycles. The molecule has 5 heteroatoms. The van der Waals surface area contributed by atoms with Crippen LogP contribution in [0.15, 0.2) is 18.3 Å². The van der Waals surface area contributed by atoms with E-state index >= 15 is 0 Å². The van der Waals surface area contributed by atoms with Gasteiger partial charge in [0.05, 0.1) is 6.20 Å². The van der Waals surface area contributed by atoms with Crippen molar-refractivity contribution in [1.29, 1.82) is 0 Å². The number of pyridine rings is 1. The number of nitrogens with zero attached hydrogens (tertiary/aromatic N) is 1. The zero-order valence-corrected chi connectivity index (χ0v) is 7.40. The molecule has 0 saturated carbocycles. The number of carbonyl (C=O) groups is 1. The number of nitrogen functional groups attached to an aromatic ring is 1. The largest absolute Gasteiger partial charge is 0.383 e. The number of rotatable bonds is 3. The quantitative estimate of drug-likeness (QED) is 0.744. The van der Waals surface area contributed by atoms with Crippen LogP contribution in [0.1, 0.15) is 12.0 Å². The van der Waals surface area contributed by atoms with Gasteiger partial charge in [-0.05, 0) is 6.07 Å². The van der Waals surface area contributed by atoms with Crippen LogP contribution >= 0.6 is 0 Å². The minimum atomic E-state index is -0.474. The lowest BCUT2D eigenvalue weighted by atomic mass is 10.2. The van der Waals surface area contributed by atoms with Gasteiger partial charge in [-0.25, -0.2) is 9.37 Å². The van der Waals surface area contributed by atoms with Gasteiger partial charge in [0.15, 0.2) is 0 Å². The highest BCUT2D eigenvalue weighted by atomic mass is 19.1. The monoisotopic (exact) mass is 195 g/mol. The van der Waals surface area contributed by atoms with Gasteiger partial charge in [-0.1, -0.05) is 12.2 Å². The molecule has 0 spiro atoms. The third-order valence-electron chi connectivity index (χ3n) is 1.53. The SMILES string of the molecule is NC(=O)CC=Cc1cc(F)cnc1N. The predicted molar refractivity (Wildman–Crippen MR) is 51.5 cm³/mol. The van der Waals surface area contributed by atoms with Gasteiger partial charge in [0.1, 0.15) is 11.6 Å². The van der Waals surface area contributed by atoms with Crippen molar-refractivity contribution >= 4 is 17.8 Å². The van der Waals surface area contributed by atoms with Gasteiger partial charge in [-0.3, -0.25) is 4.79 Å². The van der Waals surface area contributed by atoms with Gasteiger partial charge in [0, 0.05) is 12.0 Å². The number of hydrogen-bond acceptors (Lipinski definition) is 3. The fourth-order valence-electron chi connectivity index (χ4n) is 0.901. The van der Waals surface area contributed by atoms with E-state index in [1.807, 2.05) is 0 Å². The van der Waals surface area contributed by atoms with E-state index < -0.39 is 11.7 Å². The summed E-state index contributed by atoms with van der Waals surface area (Å²) in [6.07, 6.45) is 4.14. The van der Waals surface area contributed by atoms with Crippen LogP contribution in [-0.4, -0.2) is 10.9 Å². The maximum atomic E-state index is 12.7. The zero-order valence-electron chi connectivity index (χ0n) is 7.40. The van der Waals surface area contributed by atoms with Gasteiger partial charge in [-0.15, -0.1) is 0 Å². The first-order chi connectivity index (χ1) is 6.59. The number of anilines is 1. The van der Waals surface area contributed by atoms with Crippen LogP contribution in [0.4, 0.5) is 10.2 Å². The average molecular weight is 195 g/mol. The fourth-order valence-corrected chi connectivity index (χ4v) is 0.901. The van der Waals surface area contributed by atoms with Crippen molar-refractivity contribution in [2.24, 2.45) is 5.73 Å². The number of nitrogens with two attached hydrogens (primary N) is 2. The van der Waals surface area contributed by atoms with Crippen molar-refractivity contribution in [3.05, 3.63) is 29.7 Å². The highest BCUT2D eigenvalue weighted by Gasteiger charge is 1.98. The minimum absolute atomic E-state index is 0.0932. The highest BCUT2D eigenvalue weighted by Crippen LogP contribution is 2.11. The molecule has 0 radical (unpaired) electrons. The van der Waals surface area contributed by atoms with E-state index in [2.05, 4.69) is 4.98 Å². The van der Waals surface area contributed by atoms with Crippen molar-refractivity contribution in [2.75, 3.05) is 5.73 Å². The summed E-state index contributed by atoms with van der Waals surface area (Å²) in [5, 5.41) is 0. The van der Waals surface area contributed by atoms with Gasteiger partial charge < -0.3 is 11.5 Å². The summed E-state index contributed by atoms with van der Waals surface area (Å²) >= 11 is 0. The van der Waals surface area contributed by atoms with Gasteiger partial charge in [-0.2, -0.15) is 0 Å². The first-order valence-corrected chi connectivity index (χ1v) is 3.95. The molecule has 1 aromatic heterocycles. The summed E-state index contributed by atoms with van der Waals surface area (Å²) in [7, 11) is 0. The molecule has 4 nitrogen and oxygen atoms in total. The molecule has 0 fully saturated rings. The van der Waals surface area contributed by atoms with Crippen molar-refractivity contribution < 1.29 is 9.18 Å². The fraction of sp³-hybridized carbons (Fsp3) is 0.111. The van der Waals surface area contributed by atoms with Crippen molar-refractivity contribution in [3.63, 3.8) is 0 Å². The molecule has 0 unspecified atom stereocenters. The van der Waals surface area contributed by atoms with Crippen LogP contribution in [0.5, 0.6) is 0 Å². The summed E-state index contributed by atoms with van der Waals surface area (Å²) in [6, 6.07) is 1.24. The van der Waals surface area contributed by atoms with E-state index in [1.165, 1.54) is 18.2 Å². The van der Waals surface area contributed by atoms with Crippen LogP contribution in [0.3, 0.4) is 0 Å². The van der Waals surface area contributed by atoms with E-state index in [4.69, 9.17) is 11.5 Å². The van der Waals surface area contributed by atoms with E-state index in [9.17, 15) is 9.18 Å². The molecule has 1 aromatic rings. The van der Waals surface area contributed by atoms with Crippen LogP contribution in [-0.2, 0) is 4.79 Å². The number of hydrogen-bond donors (Lipinski definition) is 2. The van der Waals surface area contributed by atoms with Crippen molar-refractivity contribution in [3.8, 4) is 0 Å². The van der Waals surface area contributed by atoms with Crippen LogP contribution in [0.2, 0.25) is 0 Å². The Labute approximate surface area is 80.4 Å². The van der Waals surface area contributed by atoms with E-state index in [-0.39, 0.29) is 12.2 Å². The molecule has 0 aliphatic rings. The number of carbonyl (C=O) groups excluding carboxylic acids is 1. The first-order valence-electron chi connectivity index (χ1n) is 3.95. The minimum Gasteiger partial charge on any atom is -0.383 e. The van der Waals surface area contributed by atoms with E-state index in [0.29, 0.717) is 5.56 Å². The topological polar surface area (TPSA) is 82.0 Å². The summed E-state index contributed by atoms with van der Waals surface area (Å²) in [5.41, 5.74) is 10.8. The van der Waals surface area contributed by atoms with Crippen LogP contribution in [0.25, 0.3) is 6.08 Å². The standard InChI is InChI=1S/C9H10FN3O/c10-7-4-6(9(12)13-5-7)2-1-3-8(11)14/h1-2,4-5H,3H2,(H2,11,14)(H2,12,13). The van der Waals surface area contributed by atoms with Crippen LogP contribution < -0.4 is 11.5 Å². The molecule has 1 amide bonds. The smallest absolute Gasteiger partial charge is 0.221 e. The molecule has 4 N–H and O–H groups in total. The highest BCUT2D eigenvalue weighted by molar-refractivity contribution is 5.77. The van der Waals surface area contributed by atoms with Gasteiger partial charge in [0.2, 0.25) is 5.91 Å². The molecule has 0 saturated heterocycles. The molecule has 14 heavy (non-hydrogen) atoms. The molecule has 0 aliphatic carbocycles. The maximum Gasteiger partial charge on any atom is 0.221 e. The lowest BCUT2D eigenvalue weighted by Crippen LogP contribution is -2.07. The summed E-state index contributed by atoms with van der Waals surface area (Å²) in [5.74, 6) is -0.714. The molecular weight excluding hydrogens is 185 g/mol. The second-order valence-corrected chi connectivity index (χ2v) is 2.70. The summed E-state index contributed by atoms with van der Waals surface area (Å²) < 4.78 is 12.7. The Bertz CT molecular complexity index is 376. The van der Waals surface area contributed by atoms with Gasteiger partial charge >= 0.3 is 0 Å². The Morgan fingerprint density at radius 1 is 1.64 bits per heavy atom. The second-order valence-electron chi connectivity index (χ2n) is 2.70. The molecule has 74 valence electrons. The lowest BCUT2D eigenvalue weighted by molar-refractivity contribution is -0.117. The number of amides is 1. The van der Waals surface area contributed by atoms with Crippen molar-refractivity contribution in [2.45, 2.75) is 6.42 Å². The van der Waals surface area contributed by atoms with Gasteiger partial charge in [0.25, 0.3) is 0 Å². The number of aromatic nitrogens is 1. The van der Waals surface area contributed by atoms with Crippen molar-refractivity contribution in [1.82, 2.24) is 4.98 Å². The number of primary amides is 1. The Kier molecular flexibility index (Phi) is 3.17. The second kappa shape index (κ2) is 4.36. The lowest BCUT2D eigenvalue weighted by Gasteiger charge is -1.98.